The lowest BCUT2D eigenvalue weighted by molar-refractivity contribution is -0.115. The lowest BCUT2D eigenvalue weighted by Crippen LogP contribution is -2.14. The maximum atomic E-state index is 12.2. The molecule has 1 N–H and O–H groups in total. The number of aryl methyl sites for hydroxylation is 1. The minimum absolute atomic E-state index is 0.0646. The third-order valence-corrected chi connectivity index (χ3v) is 4.51. The standard InChI is InChI=1S/C19H18N2O2S/c1-13-7-3-5-9-15(13)20-18(22)11-19-21-16(12-24-19)14-8-4-6-10-17(14)23-2/h3-10,12H,11H2,1-2H3,(H,20,22). The molecule has 1 aromatic heterocycles. The van der Waals surface area contributed by atoms with E-state index < -0.39 is 0 Å². The van der Waals surface area contributed by atoms with Crippen LogP contribution in [0.4, 0.5) is 5.69 Å². The smallest absolute Gasteiger partial charge is 0.231 e. The lowest BCUT2D eigenvalue weighted by Gasteiger charge is -2.07. The molecule has 0 radical (unpaired) electrons. The van der Waals surface area contributed by atoms with Crippen molar-refractivity contribution >= 4 is 22.9 Å². The predicted molar refractivity (Wildman–Crippen MR) is 97.6 cm³/mol. The molecule has 122 valence electrons. The zero-order valence-corrected chi connectivity index (χ0v) is 14.4. The van der Waals surface area contributed by atoms with Crippen molar-refractivity contribution in [2.24, 2.45) is 0 Å². The summed E-state index contributed by atoms with van der Waals surface area (Å²) in [5, 5.41) is 5.67. The molecule has 0 aliphatic heterocycles. The van der Waals surface area contributed by atoms with Gasteiger partial charge in [-0.1, -0.05) is 30.3 Å². The summed E-state index contributed by atoms with van der Waals surface area (Å²) in [6.45, 7) is 1.97. The number of carbonyl (C=O) groups excluding carboxylic acids is 1. The van der Waals surface area contributed by atoms with Crippen molar-refractivity contribution in [1.82, 2.24) is 4.98 Å². The SMILES string of the molecule is COc1ccccc1-c1csc(CC(=O)Nc2ccccc2C)n1. The average Bonchev–Trinajstić information content (AvgIpc) is 3.05. The number of thiazole rings is 1. The quantitative estimate of drug-likeness (QED) is 0.754. The molecule has 0 atom stereocenters. The van der Waals surface area contributed by atoms with Gasteiger partial charge in [-0.05, 0) is 30.7 Å². The van der Waals surface area contributed by atoms with E-state index in [-0.39, 0.29) is 12.3 Å². The monoisotopic (exact) mass is 338 g/mol. The van der Waals surface area contributed by atoms with Crippen LogP contribution in [0.3, 0.4) is 0 Å². The molecule has 3 rings (SSSR count). The fourth-order valence-electron chi connectivity index (χ4n) is 2.42. The van der Waals surface area contributed by atoms with Gasteiger partial charge in [0.1, 0.15) is 10.8 Å². The number of methoxy groups -OCH3 is 1. The molecule has 5 heteroatoms. The molecule has 0 aliphatic rings. The number of nitrogens with one attached hydrogen (secondary N) is 1. The Kier molecular flexibility index (Phi) is 4.91. The van der Waals surface area contributed by atoms with Crippen LogP contribution in [0.1, 0.15) is 10.6 Å². The Balaban J connectivity index is 1.72. The highest BCUT2D eigenvalue weighted by Crippen LogP contribution is 2.30. The summed E-state index contributed by atoms with van der Waals surface area (Å²) in [6, 6.07) is 15.5. The number of aromatic nitrogens is 1. The summed E-state index contributed by atoms with van der Waals surface area (Å²) >= 11 is 1.48. The number of hydrogen-bond donors (Lipinski definition) is 1. The molecule has 24 heavy (non-hydrogen) atoms. The largest absolute Gasteiger partial charge is 0.496 e. The summed E-state index contributed by atoms with van der Waals surface area (Å²) in [7, 11) is 1.64. The van der Waals surface area contributed by atoms with Gasteiger partial charge >= 0.3 is 0 Å². The first-order chi connectivity index (χ1) is 11.7. The molecule has 0 saturated heterocycles. The number of para-hydroxylation sites is 2. The van der Waals surface area contributed by atoms with Gasteiger partial charge in [0.05, 0.1) is 19.2 Å². The Bertz CT molecular complexity index is 858. The van der Waals surface area contributed by atoms with Crippen LogP contribution in [-0.4, -0.2) is 18.0 Å². The number of nitrogens with zero attached hydrogens (tertiary/aromatic N) is 1. The van der Waals surface area contributed by atoms with E-state index in [0.29, 0.717) is 0 Å². The summed E-state index contributed by atoms with van der Waals surface area (Å²) in [5.41, 5.74) is 3.64. The van der Waals surface area contributed by atoms with Crippen LogP contribution in [0, 0.1) is 6.92 Å². The van der Waals surface area contributed by atoms with Gasteiger partial charge in [-0.2, -0.15) is 0 Å². The van der Waals surface area contributed by atoms with E-state index in [4.69, 9.17) is 4.74 Å². The number of amides is 1. The Labute approximate surface area is 145 Å². The lowest BCUT2D eigenvalue weighted by atomic mass is 10.1. The molecule has 0 spiro atoms. The molecule has 0 aliphatic carbocycles. The second-order valence-electron chi connectivity index (χ2n) is 5.37. The molecule has 0 bridgehead atoms. The van der Waals surface area contributed by atoms with Crippen LogP contribution < -0.4 is 10.1 Å². The van der Waals surface area contributed by atoms with Gasteiger partial charge < -0.3 is 10.1 Å². The first kappa shape index (κ1) is 16.2. The van der Waals surface area contributed by atoms with Crippen molar-refractivity contribution in [3.05, 3.63) is 64.5 Å². The number of carbonyl (C=O) groups is 1. The predicted octanol–water partition coefficient (Wildman–Crippen LogP) is 4.31. The van der Waals surface area contributed by atoms with Crippen LogP contribution in [0.2, 0.25) is 0 Å². The van der Waals surface area contributed by atoms with E-state index in [9.17, 15) is 4.79 Å². The van der Waals surface area contributed by atoms with Crippen LogP contribution in [0.25, 0.3) is 11.3 Å². The van der Waals surface area contributed by atoms with Gasteiger partial charge in [0.2, 0.25) is 5.91 Å². The highest BCUT2D eigenvalue weighted by molar-refractivity contribution is 7.10. The van der Waals surface area contributed by atoms with Crippen molar-refractivity contribution in [3.63, 3.8) is 0 Å². The summed E-state index contributed by atoms with van der Waals surface area (Å²) < 4.78 is 5.37. The summed E-state index contributed by atoms with van der Waals surface area (Å²) in [4.78, 5) is 16.8. The zero-order valence-electron chi connectivity index (χ0n) is 13.6. The van der Waals surface area contributed by atoms with Gasteiger partial charge in [0, 0.05) is 16.6 Å². The normalized spacial score (nSPS) is 10.4. The van der Waals surface area contributed by atoms with Gasteiger partial charge in [-0.15, -0.1) is 11.3 Å². The van der Waals surface area contributed by atoms with Gasteiger partial charge in [-0.25, -0.2) is 4.98 Å². The number of ether oxygens (including phenoxy) is 1. The minimum Gasteiger partial charge on any atom is -0.496 e. The van der Waals surface area contributed by atoms with E-state index >= 15 is 0 Å². The Morgan fingerprint density at radius 2 is 1.92 bits per heavy atom. The van der Waals surface area contributed by atoms with Gasteiger partial charge in [0.25, 0.3) is 0 Å². The fourth-order valence-corrected chi connectivity index (χ4v) is 3.21. The fraction of sp³-hybridized carbons (Fsp3) is 0.158. The summed E-state index contributed by atoms with van der Waals surface area (Å²) in [5.74, 6) is 0.712. The van der Waals surface area contributed by atoms with Crippen molar-refractivity contribution < 1.29 is 9.53 Å². The maximum Gasteiger partial charge on any atom is 0.231 e. The highest BCUT2D eigenvalue weighted by Gasteiger charge is 2.12. The van der Waals surface area contributed by atoms with E-state index in [1.807, 2.05) is 60.8 Å². The van der Waals surface area contributed by atoms with Crippen LogP contribution >= 0.6 is 11.3 Å². The number of benzene rings is 2. The van der Waals surface area contributed by atoms with Crippen molar-refractivity contribution in [1.29, 1.82) is 0 Å². The van der Waals surface area contributed by atoms with Crippen molar-refractivity contribution in [2.75, 3.05) is 12.4 Å². The Hall–Kier alpha value is -2.66. The van der Waals surface area contributed by atoms with Gasteiger partial charge in [-0.3, -0.25) is 4.79 Å². The van der Waals surface area contributed by atoms with Crippen molar-refractivity contribution in [3.8, 4) is 17.0 Å². The maximum absolute atomic E-state index is 12.2. The third kappa shape index (κ3) is 3.63. The first-order valence-electron chi connectivity index (χ1n) is 7.60. The van der Waals surface area contributed by atoms with Gasteiger partial charge in [0.15, 0.2) is 0 Å². The molecule has 1 heterocycles. The Morgan fingerprint density at radius 1 is 1.17 bits per heavy atom. The average molecular weight is 338 g/mol. The van der Waals surface area contributed by atoms with E-state index in [1.165, 1.54) is 11.3 Å². The van der Waals surface area contributed by atoms with E-state index in [1.54, 1.807) is 7.11 Å². The molecule has 0 unspecified atom stereocenters. The number of anilines is 1. The van der Waals surface area contributed by atoms with Crippen LogP contribution in [0.5, 0.6) is 5.75 Å². The molecule has 2 aromatic carbocycles. The summed E-state index contributed by atoms with van der Waals surface area (Å²) in [6.07, 6.45) is 0.258. The zero-order chi connectivity index (χ0) is 16.9. The van der Waals surface area contributed by atoms with Crippen molar-refractivity contribution in [2.45, 2.75) is 13.3 Å². The van der Waals surface area contributed by atoms with Crippen LogP contribution in [-0.2, 0) is 11.2 Å². The number of hydrogen-bond acceptors (Lipinski definition) is 4. The minimum atomic E-state index is -0.0646. The third-order valence-electron chi connectivity index (χ3n) is 3.67. The topological polar surface area (TPSA) is 51.2 Å². The van der Waals surface area contributed by atoms with Crippen LogP contribution in [0.15, 0.2) is 53.9 Å². The molecule has 0 saturated carbocycles. The molecule has 3 aromatic rings. The first-order valence-corrected chi connectivity index (χ1v) is 8.48. The molecular formula is C19H18N2O2S. The molecule has 4 nitrogen and oxygen atoms in total. The highest BCUT2D eigenvalue weighted by atomic mass is 32.1. The Morgan fingerprint density at radius 3 is 2.71 bits per heavy atom. The number of rotatable bonds is 5. The second kappa shape index (κ2) is 7.27. The molecule has 1 amide bonds. The van der Waals surface area contributed by atoms with E-state index in [0.717, 1.165) is 33.3 Å². The van der Waals surface area contributed by atoms with E-state index in [2.05, 4.69) is 10.3 Å². The molecular weight excluding hydrogens is 320 g/mol. The molecule has 0 fully saturated rings. The second-order valence-corrected chi connectivity index (χ2v) is 6.31.